The summed E-state index contributed by atoms with van der Waals surface area (Å²) in [6.45, 7) is 0. The van der Waals surface area contributed by atoms with Crippen LogP contribution in [0.15, 0.2) is 30.3 Å². The van der Waals surface area contributed by atoms with Gasteiger partial charge >= 0.3 is 5.17 Å². The van der Waals surface area contributed by atoms with Crippen molar-refractivity contribution in [3.63, 3.8) is 0 Å². The van der Waals surface area contributed by atoms with E-state index in [1.165, 1.54) is 5.12 Å². The van der Waals surface area contributed by atoms with Gasteiger partial charge in [0.05, 0.1) is 5.69 Å². The van der Waals surface area contributed by atoms with Gasteiger partial charge in [-0.15, -0.1) is 0 Å². The second kappa shape index (κ2) is 2.96. The average molecular weight is 180 g/mol. The molecule has 0 unspecified atom stereocenters. The molecule has 2 rings (SSSR count). The summed E-state index contributed by atoms with van der Waals surface area (Å²) in [6.07, 6.45) is 0. The number of hydrazine groups is 1. The first-order valence-corrected chi connectivity index (χ1v) is 3.81. The monoisotopic (exact) mass is 180 g/mol. The Morgan fingerprint density at radius 2 is 2.08 bits per heavy atom. The van der Waals surface area contributed by atoms with Gasteiger partial charge in [-0.2, -0.15) is 5.12 Å². The first-order valence-electron chi connectivity index (χ1n) is 3.40. The van der Waals surface area contributed by atoms with Gasteiger partial charge < -0.3 is 4.84 Å². The quantitative estimate of drug-likeness (QED) is 0.647. The first kappa shape index (κ1) is 7.33. The number of hydrogen-bond donors (Lipinski definition) is 1. The second-order valence-electron chi connectivity index (χ2n) is 2.22. The molecule has 4 nitrogen and oxygen atoms in total. The van der Waals surface area contributed by atoms with Crippen molar-refractivity contribution >= 4 is 23.1 Å². The first-order chi connectivity index (χ1) is 5.86. The largest absolute Gasteiger partial charge is 0.333 e. The molecule has 1 fully saturated rings. The van der Waals surface area contributed by atoms with Crippen molar-refractivity contribution in [2.75, 3.05) is 5.12 Å². The van der Waals surface area contributed by atoms with Crippen molar-refractivity contribution in [3.8, 4) is 0 Å². The number of hydrogen-bond acceptors (Lipinski definition) is 3. The molecular weight excluding hydrogens is 174 g/mol. The van der Waals surface area contributed by atoms with Crippen LogP contribution >= 0.6 is 12.2 Å². The van der Waals surface area contributed by atoms with Gasteiger partial charge in [-0.3, -0.25) is 0 Å². The van der Waals surface area contributed by atoms with E-state index in [1.807, 2.05) is 30.3 Å². The second-order valence-corrected chi connectivity index (χ2v) is 2.59. The third-order valence-corrected chi connectivity index (χ3v) is 1.57. The number of thiocarbonyl (C=S) groups is 1. The van der Waals surface area contributed by atoms with E-state index in [2.05, 4.69) is 11.0 Å². The molecule has 12 heavy (non-hydrogen) atoms. The molecule has 0 aliphatic carbocycles. The minimum absolute atomic E-state index is 0.263. The minimum Gasteiger partial charge on any atom is -0.333 e. The molecule has 0 aromatic heterocycles. The van der Waals surface area contributed by atoms with E-state index in [9.17, 15) is 0 Å². The number of rotatable bonds is 1. The van der Waals surface area contributed by atoms with Crippen LogP contribution in [-0.4, -0.2) is 5.17 Å². The Bertz CT molecular complexity index is 290. The Hall–Kier alpha value is -1.33. The molecule has 1 N–H and O–H groups in total. The Balaban J connectivity index is 2.16. The SMILES string of the molecule is S=C1NN(c2ccccc2)[N]O1. The zero-order chi connectivity index (χ0) is 8.39. The summed E-state index contributed by atoms with van der Waals surface area (Å²) in [5.74, 6) is 0. The number of benzene rings is 1. The van der Waals surface area contributed by atoms with E-state index in [0.29, 0.717) is 0 Å². The maximum Gasteiger partial charge on any atom is 0.303 e. The molecule has 0 spiro atoms. The minimum atomic E-state index is 0.263. The van der Waals surface area contributed by atoms with Crippen LogP contribution in [0.4, 0.5) is 5.69 Å². The summed E-state index contributed by atoms with van der Waals surface area (Å²) in [6, 6.07) is 9.54. The third-order valence-electron chi connectivity index (χ3n) is 1.40. The van der Waals surface area contributed by atoms with Gasteiger partial charge in [0.2, 0.25) is 0 Å². The molecule has 1 aromatic carbocycles. The molecule has 1 radical (unpaired) electrons. The zero-order valence-electron chi connectivity index (χ0n) is 6.10. The molecule has 61 valence electrons. The van der Waals surface area contributed by atoms with Crippen molar-refractivity contribution in [3.05, 3.63) is 30.3 Å². The van der Waals surface area contributed by atoms with Crippen LogP contribution in [0.1, 0.15) is 0 Å². The van der Waals surface area contributed by atoms with Gasteiger partial charge in [0.15, 0.2) is 0 Å². The summed E-state index contributed by atoms with van der Waals surface area (Å²) in [4.78, 5) is 4.69. The maximum absolute atomic E-state index is 4.73. The molecular formula is C7H6N3OS. The van der Waals surface area contributed by atoms with Crippen LogP contribution in [0, 0.1) is 0 Å². The highest BCUT2D eigenvalue weighted by atomic mass is 32.1. The highest BCUT2D eigenvalue weighted by Crippen LogP contribution is 2.11. The summed E-state index contributed by atoms with van der Waals surface area (Å²) >= 11 is 4.73. The van der Waals surface area contributed by atoms with Gasteiger partial charge in [0.1, 0.15) is 5.59 Å². The molecule has 0 bridgehead atoms. The standard InChI is InChI=1S/C7H6N3OS/c12-7-8-10(9-11-7)6-4-2-1-3-5-6/h1-5H,(H,8,12). The predicted octanol–water partition coefficient (Wildman–Crippen LogP) is 0.747. The van der Waals surface area contributed by atoms with Crippen LogP contribution in [0.5, 0.6) is 0 Å². The molecule has 1 aliphatic rings. The number of nitrogens with zero attached hydrogens (tertiary/aromatic N) is 2. The average Bonchev–Trinajstić information content (AvgIpc) is 2.54. The van der Waals surface area contributed by atoms with E-state index in [-0.39, 0.29) is 5.17 Å². The van der Waals surface area contributed by atoms with Crippen molar-refractivity contribution in [2.24, 2.45) is 0 Å². The molecule has 0 amide bonds. The summed E-state index contributed by atoms with van der Waals surface area (Å²) in [5.41, 5.74) is 7.30. The van der Waals surface area contributed by atoms with Gasteiger partial charge in [0, 0.05) is 0 Å². The molecule has 0 atom stereocenters. The summed E-state index contributed by atoms with van der Waals surface area (Å²) in [7, 11) is 0. The van der Waals surface area contributed by atoms with Crippen molar-refractivity contribution in [1.29, 1.82) is 0 Å². The van der Waals surface area contributed by atoms with Crippen molar-refractivity contribution in [1.82, 2.24) is 11.0 Å². The van der Waals surface area contributed by atoms with Crippen LogP contribution in [0.2, 0.25) is 0 Å². The topological polar surface area (TPSA) is 38.6 Å². The van der Waals surface area contributed by atoms with Gasteiger partial charge in [-0.05, 0) is 24.4 Å². The fraction of sp³-hybridized carbons (Fsp3) is 0. The van der Waals surface area contributed by atoms with Crippen LogP contribution < -0.4 is 16.1 Å². The van der Waals surface area contributed by atoms with Crippen LogP contribution in [0.25, 0.3) is 0 Å². The Kier molecular flexibility index (Phi) is 1.81. The van der Waals surface area contributed by atoms with E-state index in [4.69, 9.17) is 17.1 Å². The normalized spacial score (nSPS) is 15.7. The van der Waals surface area contributed by atoms with E-state index in [0.717, 1.165) is 5.69 Å². The fourth-order valence-electron chi connectivity index (χ4n) is 0.886. The van der Waals surface area contributed by atoms with Crippen LogP contribution in [-0.2, 0) is 4.84 Å². The third kappa shape index (κ3) is 1.32. The van der Waals surface area contributed by atoms with Gasteiger partial charge in [0.25, 0.3) is 0 Å². The fourth-order valence-corrected chi connectivity index (χ4v) is 1.01. The van der Waals surface area contributed by atoms with Gasteiger partial charge in [-0.1, -0.05) is 18.2 Å². The highest BCUT2D eigenvalue weighted by molar-refractivity contribution is 7.80. The molecule has 5 heteroatoms. The Morgan fingerprint density at radius 3 is 2.67 bits per heavy atom. The zero-order valence-corrected chi connectivity index (χ0v) is 6.91. The lowest BCUT2D eigenvalue weighted by atomic mass is 10.3. The predicted molar refractivity (Wildman–Crippen MR) is 47.9 cm³/mol. The summed E-state index contributed by atoms with van der Waals surface area (Å²) in [5, 5.41) is 1.74. The van der Waals surface area contributed by atoms with Crippen LogP contribution in [0.3, 0.4) is 0 Å². The van der Waals surface area contributed by atoms with E-state index >= 15 is 0 Å². The molecule has 1 saturated heterocycles. The maximum atomic E-state index is 4.73. The lowest BCUT2D eigenvalue weighted by molar-refractivity contribution is 0.203. The number of nitrogens with one attached hydrogen (secondary N) is 1. The molecule has 0 saturated carbocycles. The van der Waals surface area contributed by atoms with Crippen molar-refractivity contribution < 1.29 is 4.84 Å². The Labute approximate surface area is 75.0 Å². The molecule has 1 heterocycles. The van der Waals surface area contributed by atoms with Gasteiger partial charge in [-0.25, -0.2) is 5.43 Å². The highest BCUT2D eigenvalue weighted by Gasteiger charge is 2.18. The van der Waals surface area contributed by atoms with Crippen molar-refractivity contribution in [2.45, 2.75) is 0 Å². The van der Waals surface area contributed by atoms with E-state index < -0.39 is 0 Å². The lowest BCUT2D eigenvalue weighted by Crippen LogP contribution is -2.34. The smallest absolute Gasteiger partial charge is 0.303 e. The molecule has 1 aromatic rings. The van der Waals surface area contributed by atoms with E-state index in [1.54, 1.807) is 0 Å². The Morgan fingerprint density at radius 1 is 1.33 bits per heavy atom. The summed E-state index contributed by atoms with van der Waals surface area (Å²) < 4.78 is 0. The number of para-hydroxylation sites is 1. The molecule has 1 aliphatic heterocycles. The lowest BCUT2D eigenvalue weighted by Gasteiger charge is -2.10. The number of anilines is 1.